The molecule has 3 aromatic rings. The zero-order valence-electron chi connectivity index (χ0n) is 18.9. The van der Waals surface area contributed by atoms with Crippen LogP contribution in [0.5, 0.6) is 0 Å². The number of amides is 1. The maximum atomic E-state index is 13.2. The lowest BCUT2D eigenvalue weighted by Gasteiger charge is -2.36. The first kappa shape index (κ1) is 24.0. The van der Waals surface area contributed by atoms with Crippen LogP contribution in [0.15, 0.2) is 65.6 Å². The van der Waals surface area contributed by atoms with Crippen LogP contribution in [0.1, 0.15) is 21.5 Å². The second-order valence-electron chi connectivity index (χ2n) is 8.32. The van der Waals surface area contributed by atoms with E-state index >= 15 is 0 Å². The van der Waals surface area contributed by atoms with Crippen molar-refractivity contribution in [3.63, 3.8) is 0 Å². The predicted molar refractivity (Wildman–Crippen MR) is 133 cm³/mol. The van der Waals surface area contributed by atoms with E-state index in [1.807, 2.05) is 26.0 Å². The lowest BCUT2D eigenvalue weighted by molar-refractivity contribution is 0.0746. The molecule has 4 rings (SSSR count). The second-order valence-corrected chi connectivity index (χ2v) is 10.4. The number of benzene rings is 3. The van der Waals surface area contributed by atoms with Gasteiger partial charge in [0.25, 0.3) is 15.9 Å². The summed E-state index contributed by atoms with van der Waals surface area (Å²) in [7, 11) is -4.01. The Balaban J connectivity index is 1.50. The van der Waals surface area contributed by atoms with Crippen LogP contribution < -0.4 is 9.62 Å². The number of rotatable bonds is 5. The number of hydrogen-bond acceptors (Lipinski definition) is 4. The first-order valence-corrected chi connectivity index (χ1v) is 12.7. The summed E-state index contributed by atoms with van der Waals surface area (Å²) in [5.41, 5.74) is 3.40. The Kier molecular flexibility index (Phi) is 6.81. The van der Waals surface area contributed by atoms with E-state index in [-0.39, 0.29) is 27.2 Å². The Morgan fingerprint density at radius 1 is 0.941 bits per heavy atom. The molecule has 3 aromatic carbocycles. The van der Waals surface area contributed by atoms with Gasteiger partial charge in [0.1, 0.15) is 10.7 Å². The standard InChI is InChI=1S/C25H25ClFN3O3S/c1-17-3-10-23(18(2)15-17)28-34(32,33)24-16-19(4-9-22(24)26)25(31)30-13-11-29(12-14-30)21-7-5-20(27)6-8-21/h3-10,15-16,28H,11-14H2,1-2H3. The highest BCUT2D eigenvalue weighted by Gasteiger charge is 2.25. The molecule has 0 spiro atoms. The smallest absolute Gasteiger partial charge is 0.263 e. The third-order valence-corrected chi connectivity index (χ3v) is 7.70. The quantitative estimate of drug-likeness (QED) is 0.542. The Morgan fingerprint density at radius 3 is 2.26 bits per heavy atom. The molecule has 1 fully saturated rings. The number of piperazine rings is 1. The van der Waals surface area contributed by atoms with Gasteiger partial charge in [0.2, 0.25) is 0 Å². The Bertz CT molecular complexity index is 1320. The number of nitrogens with zero attached hydrogens (tertiary/aromatic N) is 2. The molecule has 6 nitrogen and oxygen atoms in total. The summed E-state index contributed by atoms with van der Waals surface area (Å²) in [6, 6.07) is 15.9. The monoisotopic (exact) mass is 501 g/mol. The van der Waals surface area contributed by atoms with Gasteiger partial charge in [-0.3, -0.25) is 9.52 Å². The highest BCUT2D eigenvalue weighted by molar-refractivity contribution is 7.92. The van der Waals surface area contributed by atoms with Crippen LogP contribution in [0, 0.1) is 19.7 Å². The summed E-state index contributed by atoms with van der Waals surface area (Å²) in [5.74, 6) is -0.559. The molecule has 1 aliphatic heterocycles. The molecule has 1 aliphatic rings. The van der Waals surface area contributed by atoms with Crippen molar-refractivity contribution in [1.29, 1.82) is 0 Å². The van der Waals surface area contributed by atoms with Crippen molar-refractivity contribution < 1.29 is 17.6 Å². The average Bonchev–Trinajstić information content (AvgIpc) is 2.81. The van der Waals surface area contributed by atoms with Gasteiger partial charge in [-0.05, 0) is 67.9 Å². The average molecular weight is 502 g/mol. The van der Waals surface area contributed by atoms with Crippen LogP contribution in [-0.4, -0.2) is 45.4 Å². The molecular weight excluding hydrogens is 477 g/mol. The van der Waals surface area contributed by atoms with Gasteiger partial charge in [-0.2, -0.15) is 0 Å². The second kappa shape index (κ2) is 9.64. The van der Waals surface area contributed by atoms with E-state index in [1.54, 1.807) is 23.1 Å². The van der Waals surface area contributed by atoms with Crippen molar-refractivity contribution in [1.82, 2.24) is 4.90 Å². The van der Waals surface area contributed by atoms with Gasteiger partial charge in [0, 0.05) is 37.4 Å². The van der Waals surface area contributed by atoms with Gasteiger partial charge >= 0.3 is 0 Å². The van der Waals surface area contributed by atoms with Crippen LogP contribution >= 0.6 is 11.6 Å². The van der Waals surface area contributed by atoms with E-state index in [4.69, 9.17) is 11.6 Å². The molecule has 0 aromatic heterocycles. The first-order chi connectivity index (χ1) is 16.1. The molecular formula is C25H25ClFN3O3S. The summed E-state index contributed by atoms with van der Waals surface area (Å²) in [4.78, 5) is 16.7. The summed E-state index contributed by atoms with van der Waals surface area (Å²) in [5, 5.41) is 0.0370. The molecule has 0 bridgehead atoms. The van der Waals surface area contributed by atoms with Gasteiger partial charge in [-0.25, -0.2) is 12.8 Å². The fourth-order valence-electron chi connectivity index (χ4n) is 3.97. The van der Waals surface area contributed by atoms with Crippen molar-refractivity contribution in [2.24, 2.45) is 0 Å². The van der Waals surface area contributed by atoms with Crippen LogP contribution in [0.3, 0.4) is 0 Å². The number of hydrogen-bond donors (Lipinski definition) is 1. The largest absolute Gasteiger partial charge is 0.368 e. The van der Waals surface area contributed by atoms with Crippen LogP contribution in [-0.2, 0) is 10.0 Å². The molecule has 34 heavy (non-hydrogen) atoms. The van der Waals surface area contributed by atoms with Crippen molar-refractivity contribution >= 4 is 38.9 Å². The summed E-state index contributed by atoms with van der Waals surface area (Å²) >= 11 is 6.22. The first-order valence-electron chi connectivity index (χ1n) is 10.8. The van der Waals surface area contributed by atoms with Gasteiger partial charge in [-0.15, -0.1) is 0 Å². The van der Waals surface area contributed by atoms with E-state index < -0.39 is 10.0 Å². The minimum absolute atomic E-state index is 0.0370. The van der Waals surface area contributed by atoms with Crippen LogP contribution in [0.2, 0.25) is 5.02 Å². The van der Waals surface area contributed by atoms with Crippen LogP contribution in [0.25, 0.3) is 0 Å². The van der Waals surface area contributed by atoms with Gasteiger partial charge in [0.15, 0.2) is 0 Å². The molecule has 1 N–H and O–H groups in total. The van der Waals surface area contributed by atoms with E-state index in [9.17, 15) is 17.6 Å². The van der Waals surface area contributed by atoms with Gasteiger partial charge < -0.3 is 9.80 Å². The number of anilines is 2. The van der Waals surface area contributed by atoms with Crippen LogP contribution in [0.4, 0.5) is 15.8 Å². The zero-order chi connectivity index (χ0) is 24.5. The van der Waals surface area contributed by atoms with E-state index in [0.29, 0.717) is 31.9 Å². The maximum absolute atomic E-state index is 13.2. The lowest BCUT2D eigenvalue weighted by Crippen LogP contribution is -2.48. The number of carbonyl (C=O) groups excluding carboxylic acids is 1. The number of carbonyl (C=O) groups is 1. The number of sulfonamides is 1. The molecule has 1 amide bonds. The number of nitrogens with one attached hydrogen (secondary N) is 1. The molecule has 0 atom stereocenters. The normalized spacial score (nSPS) is 14.2. The predicted octanol–water partition coefficient (Wildman–Crippen LogP) is 4.86. The molecule has 0 saturated carbocycles. The van der Waals surface area contributed by atoms with E-state index in [0.717, 1.165) is 16.8 Å². The maximum Gasteiger partial charge on any atom is 0.263 e. The topological polar surface area (TPSA) is 69.7 Å². The molecule has 9 heteroatoms. The lowest BCUT2D eigenvalue weighted by atomic mass is 10.1. The number of halogens is 2. The van der Waals surface area contributed by atoms with Crippen molar-refractivity contribution in [2.45, 2.75) is 18.7 Å². The SMILES string of the molecule is Cc1ccc(NS(=O)(=O)c2cc(C(=O)N3CCN(c4ccc(F)cc4)CC3)ccc2Cl)c(C)c1. The molecule has 1 saturated heterocycles. The van der Waals surface area contributed by atoms with Crippen molar-refractivity contribution in [2.75, 3.05) is 35.8 Å². The summed E-state index contributed by atoms with van der Waals surface area (Å²) in [6.45, 7) is 5.84. The van der Waals surface area contributed by atoms with E-state index in [1.165, 1.54) is 30.3 Å². The van der Waals surface area contributed by atoms with Gasteiger partial charge in [0.05, 0.1) is 10.7 Å². The van der Waals surface area contributed by atoms with Crippen molar-refractivity contribution in [3.8, 4) is 0 Å². The summed E-state index contributed by atoms with van der Waals surface area (Å²) < 4.78 is 41.9. The highest BCUT2D eigenvalue weighted by Crippen LogP contribution is 2.27. The minimum atomic E-state index is -4.01. The van der Waals surface area contributed by atoms with Gasteiger partial charge in [-0.1, -0.05) is 29.3 Å². The van der Waals surface area contributed by atoms with E-state index in [2.05, 4.69) is 9.62 Å². The minimum Gasteiger partial charge on any atom is -0.368 e. The summed E-state index contributed by atoms with van der Waals surface area (Å²) in [6.07, 6.45) is 0. The Labute approximate surface area is 204 Å². The molecule has 0 unspecified atom stereocenters. The zero-order valence-corrected chi connectivity index (χ0v) is 20.5. The molecule has 0 aliphatic carbocycles. The Morgan fingerprint density at radius 2 is 1.62 bits per heavy atom. The number of aryl methyl sites for hydroxylation is 2. The Hall–Kier alpha value is -3.10. The molecule has 0 radical (unpaired) electrons. The van der Waals surface area contributed by atoms with Crippen molar-refractivity contribution in [3.05, 3.63) is 88.2 Å². The third kappa shape index (κ3) is 5.18. The third-order valence-electron chi connectivity index (χ3n) is 5.85. The fourth-order valence-corrected chi connectivity index (χ4v) is 5.63. The molecule has 1 heterocycles. The fraction of sp³-hybridized carbons (Fsp3) is 0.240. The molecule has 178 valence electrons. The highest BCUT2D eigenvalue weighted by atomic mass is 35.5.